The minimum absolute atomic E-state index is 0.0267. The molecule has 1 amide bonds. The zero-order chi connectivity index (χ0) is 14.7. The van der Waals surface area contributed by atoms with Gasteiger partial charge < -0.3 is 14.7 Å². The Bertz CT molecular complexity index is 518. The number of aromatic nitrogens is 1. The number of likely N-dealkylation sites (tertiary alicyclic amines) is 1. The van der Waals surface area contributed by atoms with Gasteiger partial charge in [-0.25, -0.2) is 4.98 Å². The van der Waals surface area contributed by atoms with E-state index in [0.717, 1.165) is 6.42 Å². The Morgan fingerprint density at radius 3 is 2.90 bits per heavy atom. The maximum Gasteiger partial charge on any atom is 0.309 e. The highest BCUT2D eigenvalue weighted by atomic mass is 16.5. The molecule has 1 N–H and O–H groups in total. The number of hydrogen-bond donors (Lipinski definition) is 1. The third kappa shape index (κ3) is 2.59. The zero-order valence-electron chi connectivity index (χ0n) is 11.6. The molecule has 1 saturated heterocycles. The van der Waals surface area contributed by atoms with Gasteiger partial charge in [-0.3, -0.25) is 9.59 Å². The van der Waals surface area contributed by atoms with Gasteiger partial charge in [-0.05, 0) is 12.5 Å². The van der Waals surface area contributed by atoms with Crippen molar-refractivity contribution in [3.8, 4) is 5.88 Å². The van der Waals surface area contributed by atoms with E-state index in [4.69, 9.17) is 4.74 Å². The highest BCUT2D eigenvalue weighted by Crippen LogP contribution is 2.38. The number of methoxy groups -OCH3 is 1. The minimum Gasteiger partial charge on any atom is -0.481 e. The lowest BCUT2D eigenvalue weighted by Gasteiger charge is -2.26. The van der Waals surface area contributed by atoms with Gasteiger partial charge in [0.2, 0.25) is 11.8 Å². The van der Waals surface area contributed by atoms with E-state index in [0.29, 0.717) is 18.1 Å². The molecule has 2 unspecified atom stereocenters. The standard InChI is InChI=1S/C14H18N2O4/c1-3-7-16-12(17)8-9(14(18)19)13(16)10-5-4-6-11(15-10)20-2/h4-6,9,13H,3,7-8H2,1-2H3,(H,18,19). The molecule has 6 heteroatoms. The van der Waals surface area contributed by atoms with Gasteiger partial charge in [0.05, 0.1) is 24.8 Å². The van der Waals surface area contributed by atoms with Crippen LogP contribution >= 0.6 is 0 Å². The lowest BCUT2D eigenvalue weighted by atomic mass is 9.97. The van der Waals surface area contributed by atoms with E-state index < -0.39 is 17.9 Å². The largest absolute Gasteiger partial charge is 0.481 e. The molecule has 0 spiro atoms. The monoisotopic (exact) mass is 278 g/mol. The van der Waals surface area contributed by atoms with Crippen molar-refractivity contribution < 1.29 is 19.4 Å². The summed E-state index contributed by atoms with van der Waals surface area (Å²) in [5.41, 5.74) is 0.566. The van der Waals surface area contributed by atoms with E-state index in [1.165, 1.54) is 7.11 Å². The summed E-state index contributed by atoms with van der Waals surface area (Å²) in [7, 11) is 1.50. The van der Waals surface area contributed by atoms with E-state index in [1.807, 2.05) is 6.92 Å². The van der Waals surface area contributed by atoms with Crippen molar-refractivity contribution in [3.05, 3.63) is 23.9 Å². The van der Waals surface area contributed by atoms with E-state index in [2.05, 4.69) is 4.98 Å². The topological polar surface area (TPSA) is 79.7 Å². The number of carboxylic acids is 1. The predicted octanol–water partition coefficient (Wildman–Crippen LogP) is 1.47. The molecule has 2 atom stereocenters. The summed E-state index contributed by atoms with van der Waals surface area (Å²) in [6.07, 6.45) is 0.803. The van der Waals surface area contributed by atoms with Crippen LogP contribution in [0.25, 0.3) is 0 Å². The van der Waals surface area contributed by atoms with Crippen LogP contribution in [0.2, 0.25) is 0 Å². The third-order valence-corrected chi connectivity index (χ3v) is 3.47. The van der Waals surface area contributed by atoms with Gasteiger partial charge >= 0.3 is 5.97 Å². The Balaban J connectivity index is 2.40. The number of pyridine rings is 1. The summed E-state index contributed by atoms with van der Waals surface area (Å²) < 4.78 is 5.07. The first-order valence-corrected chi connectivity index (χ1v) is 6.61. The molecule has 2 heterocycles. The average Bonchev–Trinajstić information content (AvgIpc) is 2.77. The van der Waals surface area contributed by atoms with Gasteiger partial charge in [0.15, 0.2) is 0 Å². The maximum atomic E-state index is 12.0. The molecule has 6 nitrogen and oxygen atoms in total. The lowest BCUT2D eigenvalue weighted by Crippen LogP contribution is -2.31. The van der Waals surface area contributed by atoms with Gasteiger partial charge in [-0.1, -0.05) is 13.0 Å². The van der Waals surface area contributed by atoms with Gasteiger partial charge in [0, 0.05) is 19.0 Å². The highest BCUT2D eigenvalue weighted by molar-refractivity contribution is 5.87. The number of nitrogens with zero attached hydrogens (tertiary/aromatic N) is 2. The smallest absolute Gasteiger partial charge is 0.309 e. The molecule has 20 heavy (non-hydrogen) atoms. The maximum absolute atomic E-state index is 12.0. The second kappa shape index (κ2) is 5.90. The molecule has 1 aliphatic rings. The SMILES string of the molecule is CCCN1C(=O)CC(C(=O)O)C1c1cccc(OC)n1. The Morgan fingerprint density at radius 1 is 1.55 bits per heavy atom. The Labute approximate surface area is 117 Å². The van der Waals surface area contributed by atoms with Crippen LogP contribution in [0.3, 0.4) is 0 Å². The van der Waals surface area contributed by atoms with Crippen LogP contribution in [0.1, 0.15) is 31.5 Å². The summed E-state index contributed by atoms with van der Waals surface area (Å²) in [4.78, 5) is 29.3. The summed E-state index contributed by atoms with van der Waals surface area (Å²) in [6.45, 7) is 2.49. The second-order valence-electron chi connectivity index (χ2n) is 4.79. The molecule has 108 valence electrons. The van der Waals surface area contributed by atoms with Crippen LogP contribution < -0.4 is 4.74 Å². The third-order valence-electron chi connectivity index (χ3n) is 3.47. The fourth-order valence-electron chi connectivity index (χ4n) is 2.59. The number of aliphatic carboxylic acids is 1. The molecular weight excluding hydrogens is 260 g/mol. The van der Waals surface area contributed by atoms with E-state index in [1.54, 1.807) is 23.1 Å². The number of carboxylic acid groups (broad SMARTS) is 1. The number of amides is 1. The Hall–Kier alpha value is -2.11. The molecule has 1 aromatic rings. The normalized spacial score (nSPS) is 22.1. The van der Waals surface area contributed by atoms with Crippen molar-refractivity contribution in [1.29, 1.82) is 0 Å². The molecule has 0 bridgehead atoms. The number of hydrogen-bond acceptors (Lipinski definition) is 4. The first kappa shape index (κ1) is 14.3. The molecule has 0 aromatic carbocycles. The molecule has 0 saturated carbocycles. The van der Waals surface area contributed by atoms with E-state index in [9.17, 15) is 14.7 Å². The molecule has 1 fully saturated rings. The summed E-state index contributed by atoms with van der Waals surface area (Å²) in [6, 6.07) is 4.67. The van der Waals surface area contributed by atoms with Gasteiger partial charge in [0.25, 0.3) is 0 Å². The molecular formula is C14H18N2O4. The Kier molecular flexibility index (Phi) is 4.22. The van der Waals surface area contributed by atoms with Crippen LogP contribution in [0.4, 0.5) is 0 Å². The molecule has 0 aliphatic carbocycles. The molecule has 1 aromatic heterocycles. The summed E-state index contributed by atoms with van der Waals surface area (Å²) >= 11 is 0. The number of carbonyl (C=O) groups excluding carboxylic acids is 1. The molecule has 2 rings (SSSR count). The van der Waals surface area contributed by atoms with Crippen molar-refractivity contribution in [2.24, 2.45) is 5.92 Å². The van der Waals surface area contributed by atoms with Gasteiger partial charge in [-0.2, -0.15) is 0 Å². The molecule has 1 aliphatic heterocycles. The summed E-state index contributed by atoms with van der Waals surface area (Å²) in [5, 5.41) is 9.34. The lowest BCUT2D eigenvalue weighted by molar-refractivity contribution is -0.142. The van der Waals surface area contributed by atoms with E-state index in [-0.39, 0.29) is 12.3 Å². The van der Waals surface area contributed by atoms with Crippen molar-refractivity contribution in [2.75, 3.05) is 13.7 Å². The highest BCUT2D eigenvalue weighted by Gasteiger charge is 2.45. The van der Waals surface area contributed by atoms with Gasteiger partial charge in [-0.15, -0.1) is 0 Å². The first-order valence-electron chi connectivity index (χ1n) is 6.61. The van der Waals surface area contributed by atoms with E-state index >= 15 is 0 Å². The van der Waals surface area contributed by atoms with Gasteiger partial charge in [0.1, 0.15) is 0 Å². The van der Waals surface area contributed by atoms with Crippen molar-refractivity contribution in [1.82, 2.24) is 9.88 Å². The minimum atomic E-state index is -0.966. The van der Waals surface area contributed by atoms with Crippen LogP contribution in [0, 0.1) is 5.92 Å². The van der Waals surface area contributed by atoms with Crippen LogP contribution in [-0.2, 0) is 9.59 Å². The van der Waals surface area contributed by atoms with Crippen LogP contribution in [0.5, 0.6) is 5.88 Å². The fraction of sp³-hybridized carbons (Fsp3) is 0.500. The van der Waals surface area contributed by atoms with Crippen molar-refractivity contribution >= 4 is 11.9 Å². The average molecular weight is 278 g/mol. The predicted molar refractivity (Wildman–Crippen MR) is 71.3 cm³/mol. The van der Waals surface area contributed by atoms with Crippen molar-refractivity contribution in [2.45, 2.75) is 25.8 Å². The van der Waals surface area contributed by atoms with Crippen LogP contribution in [0.15, 0.2) is 18.2 Å². The summed E-state index contributed by atoms with van der Waals surface area (Å²) in [5.74, 6) is -1.43. The molecule has 0 radical (unpaired) electrons. The number of rotatable bonds is 5. The number of carbonyl (C=O) groups is 2. The quantitative estimate of drug-likeness (QED) is 0.882. The zero-order valence-corrected chi connectivity index (χ0v) is 11.6. The van der Waals surface area contributed by atoms with Crippen molar-refractivity contribution in [3.63, 3.8) is 0 Å². The number of ether oxygens (including phenoxy) is 1. The second-order valence-corrected chi connectivity index (χ2v) is 4.79. The Morgan fingerprint density at radius 2 is 2.30 bits per heavy atom. The first-order chi connectivity index (χ1) is 9.58. The van der Waals surface area contributed by atoms with Crippen LogP contribution in [-0.4, -0.2) is 40.5 Å². The fourth-order valence-corrected chi connectivity index (χ4v) is 2.59.